The summed E-state index contributed by atoms with van der Waals surface area (Å²) in [4.78, 5) is 25.2. The minimum Gasteiger partial charge on any atom is -0.465 e. The van der Waals surface area contributed by atoms with Crippen LogP contribution >= 0.6 is 11.6 Å². The van der Waals surface area contributed by atoms with Crippen molar-refractivity contribution in [1.29, 1.82) is 0 Å². The van der Waals surface area contributed by atoms with Crippen LogP contribution in [0.4, 0.5) is 0 Å². The summed E-state index contributed by atoms with van der Waals surface area (Å²) < 4.78 is 10.1. The Labute approximate surface area is 144 Å². The fourth-order valence-corrected chi connectivity index (χ4v) is 3.19. The molecular formula is C19H15ClO4. The van der Waals surface area contributed by atoms with Gasteiger partial charge in [-0.25, -0.2) is 4.79 Å². The number of allylic oxidation sites excluding steroid dienone is 1. The van der Waals surface area contributed by atoms with E-state index >= 15 is 0 Å². The average molecular weight is 343 g/mol. The molecule has 0 amide bonds. The molecule has 3 rings (SSSR count). The number of esters is 1. The lowest BCUT2D eigenvalue weighted by Crippen LogP contribution is -2.10. The monoisotopic (exact) mass is 342 g/mol. The SMILES string of the molecule is COC(=O)C1=C(C)C(c2ccccc2Cl)C(=O)/C1=C\c1ccco1. The molecule has 1 aromatic heterocycles. The van der Waals surface area contributed by atoms with Gasteiger partial charge in [0.15, 0.2) is 5.78 Å². The van der Waals surface area contributed by atoms with Gasteiger partial charge < -0.3 is 9.15 Å². The van der Waals surface area contributed by atoms with Gasteiger partial charge in [-0.05, 0) is 42.3 Å². The first-order valence-electron chi connectivity index (χ1n) is 7.38. The van der Waals surface area contributed by atoms with Crippen molar-refractivity contribution in [1.82, 2.24) is 0 Å². The normalized spacial score (nSPS) is 19.2. The molecule has 0 radical (unpaired) electrons. The van der Waals surface area contributed by atoms with E-state index in [2.05, 4.69) is 0 Å². The number of hydrogen-bond donors (Lipinski definition) is 0. The van der Waals surface area contributed by atoms with Gasteiger partial charge in [-0.2, -0.15) is 0 Å². The molecule has 0 bridgehead atoms. The Balaban J connectivity index is 2.17. The first-order valence-corrected chi connectivity index (χ1v) is 7.75. The molecule has 0 spiro atoms. The van der Waals surface area contributed by atoms with Gasteiger partial charge in [-0.1, -0.05) is 29.8 Å². The number of rotatable bonds is 3. The van der Waals surface area contributed by atoms with Crippen LogP contribution in [0.3, 0.4) is 0 Å². The topological polar surface area (TPSA) is 56.5 Å². The van der Waals surface area contributed by atoms with Crippen LogP contribution in [0, 0.1) is 0 Å². The van der Waals surface area contributed by atoms with Crippen LogP contribution in [-0.2, 0) is 14.3 Å². The van der Waals surface area contributed by atoms with Gasteiger partial charge in [0.2, 0.25) is 0 Å². The highest BCUT2D eigenvalue weighted by Gasteiger charge is 2.40. The summed E-state index contributed by atoms with van der Waals surface area (Å²) in [6.07, 6.45) is 3.07. The van der Waals surface area contributed by atoms with Crippen LogP contribution in [0.15, 0.2) is 63.8 Å². The molecule has 1 atom stereocenters. The van der Waals surface area contributed by atoms with Crippen molar-refractivity contribution in [3.63, 3.8) is 0 Å². The second kappa shape index (κ2) is 6.49. The van der Waals surface area contributed by atoms with Gasteiger partial charge in [0.25, 0.3) is 0 Å². The Morgan fingerprint density at radius 2 is 2.00 bits per heavy atom. The van der Waals surface area contributed by atoms with Crippen molar-refractivity contribution in [3.8, 4) is 0 Å². The van der Waals surface area contributed by atoms with Crippen molar-refractivity contribution in [2.75, 3.05) is 7.11 Å². The Bertz CT molecular complexity index is 859. The van der Waals surface area contributed by atoms with Gasteiger partial charge in [0.1, 0.15) is 5.76 Å². The third-order valence-corrected chi connectivity index (χ3v) is 4.40. The zero-order valence-corrected chi connectivity index (χ0v) is 14.0. The van der Waals surface area contributed by atoms with Gasteiger partial charge in [-0.3, -0.25) is 4.79 Å². The van der Waals surface area contributed by atoms with E-state index in [0.29, 0.717) is 21.9 Å². The fourth-order valence-electron chi connectivity index (χ4n) is 2.95. The number of furan rings is 1. The molecular weight excluding hydrogens is 328 g/mol. The molecule has 24 heavy (non-hydrogen) atoms. The molecule has 1 aliphatic carbocycles. The predicted octanol–water partition coefficient (Wildman–Crippen LogP) is 4.17. The second-order valence-electron chi connectivity index (χ2n) is 5.44. The van der Waals surface area contributed by atoms with Crippen molar-refractivity contribution in [2.45, 2.75) is 12.8 Å². The lowest BCUT2D eigenvalue weighted by molar-refractivity contribution is -0.136. The molecule has 0 fully saturated rings. The minimum atomic E-state index is -0.603. The van der Waals surface area contributed by atoms with Crippen LogP contribution in [0.5, 0.6) is 0 Å². The van der Waals surface area contributed by atoms with E-state index in [1.807, 2.05) is 6.07 Å². The number of ketones is 1. The summed E-state index contributed by atoms with van der Waals surface area (Å²) in [6.45, 7) is 1.75. The van der Waals surface area contributed by atoms with Gasteiger partial charge in [0.05, 0.1) is 24.9 Å². The van der Waals surface area contributed by atoms with Crippen molar-refractivity contribution >= 4 is 29.4 Å². The summed E-state index contributed by atoms with van der Waals surface area (Å²) in [5.74, 6) is -0.855. The largest absolute Gasteiger partial charge is 0.465 e. The third kappa shape index (κ3) is 2.69. The Hall–Kier alpha value is -2.59. The molecule has 5 heteroatoms. The van der Waals surface area contributed by atoms with E-state index in [-0.39, 0.29) is 16.9 Å². The summed E-state index contributed by atoms with van der Waals surface area (Å²) >= 11 is 6.26. The molecule has 1 heterocycles. The Morgan fingerprint density at radius 1 is 1.25 bits per heavy atom. The third-order valence-electron chi connectivity index (χ3n) is 4.06. The van der Waals surface area contributed by atoms with E-state index in [0.717, 1.165) is 0 Å². The molecule has 1 aliphatic rings. The molecule has 0 N–H and O–H groups in total. The highest BCUT2D eigenvalue weighted by atomic mass is 35.5. The van der Waals surface area contributed by atoms with Crippen LogP contribution in [-0.4, -0.2) is 18.9 Å². The smallest absolute Gasteiger partial charge is 0.338 e. The number of carbonyl (C=O) groups is 2. The summed E-state index contributed by atoms with van der Waals surface area (Å²) in [5, 5.41) is 0.485. The summed E-state index contributed by atoms with van der Waals surface area (Å²) in [7, 11) is 1.29. The summed E-state index contributed by atoms with van der Waals surface area (Å²) in [5.41, 5.74) is 1.84. The highest BCUT2D eigenvalue weighted by Crippen LogP contribution is 2.43. The van der Waals surface area contributed by atoms with Crippen LogP contribution < -0.4 is 0 Å². The van der Waals surface area contributed by atoms with E-state index in [4.69, 9.17) is 20.8 Å². The zero-order valence-electron chi connectivity index (χ0n) is 13.2. The number of Topliss-reactive ketones (excluding diaryl/α,β-unsaturated/α-hetero) is 1. The van der Waals surface area contributed by atoms with Crippen molar-refractivity contribution < 1.29 is 18.7 Å². The lowest BCUT2D eigenvalue weighted by Gasteiger charge is -2.12. The average Bonchev–Trinajstić information content (AvgIpc) is 3.16. The van der Waals surface area contributed by atoms with Crippen LogP contribution in [0.1, 0.15) is 24.2 Å². The molecule has 1 unspecified atom stereocenters. The fraction of sp³-hybridized carbons (Fsp3) is 0.158. The highest BCUT2D eigenvalue weighted by molar-refractivity contribution is 6.32. The number of halogens is 1. The molecule has 1 aromatic carbocycles. The lowest BCUT2D eigenvalue weighted by atomic mass is 9.92. The quantitative estimate of drug-likeness (QED) is 0.620. The van der Waals surface area contributed by atoms with Gasteiger partial charge in [-0.15, -0.1) is 0 Å². The standard InChI is InChI=1S/C19H15ClO4/c1-11-16(13-7-3-4-8-15(13)20)18(21)14(17(11)19(22)23-2)10-12-6-5-9-24-12/h3-10,16H,1-2H3/b14-10-. The van der Waals surface area contributed by atoms with E-state index in [1.165, 1.54) is 13.4 Å². The minimum absolute atomic E-state index is 0.197. The first kappa shape index (κ1) is 16.3. The number of ether oxygens (including phenoxy) is 1. The number of benzene rings is 1. The maximum atomic E-state index is 13.0. The van der Waals surface area contributed by atoms with Crippen LogP contribution in [0.25, 0.3) is 6.08 Å². The van der Waals surface area contributed by atoms with E-state index in [9.17, 15) is 9.59 Å². The molecule has 0 aliphatic heterocycles. The number of carbonyl (C=O) groups excluding carboxylic acids is 2. The molecule has 0 saturated heterocycles. The van der Waals surface area contributed by atoms with Gasteiger partial charge >= 0.3 is 5.97 Å². The Morgan fingerprint density at radius 3 is 2.62 bits per heavy atom. The zero-order chi connectivity index (χ0) is 17.3. The maximum Gasteiger partial charge on any atom is 0.338 e. The number of hydrogen-bond acceptors (Lipinski definition) is 4. The number of methoxy groups -OCH3 is 1. The predicted molar refractivity (Wildman–Crippen MR) is 90.6 cm³/mol. The molecule has 0 saturated carbocycles. The molecule has 4 nitrogen and oxygen atoms in total. The summed E-state index contributed by atoms with van der Waals surface area (Å²) in [6, 6.07) is 10.6. The van der Waals surface area contributed by atoms with E-state index < -0.39 is 11.9 Å². The van der Waals surface area contributed by atoms with Crippen molar-refractivity contribution in [3.05, 3.63) is 75.7 Å². The van der Waals surface area contributed by atoms with Crippen molar-refractivity contribution in [2.24, 2.45) is 0 Å². The van der Waals surface area contributed by atoms with E-state index in [1.54, 1.807) is 43.3 Å². The molecule has 2 aromatic rings. The second-order valence-corrected chi connectivity index (χ2v) is 5.85. The Kier molecular flexibility index (Phi) is 4.40. The maximum absolute atomic E-state index is 13.0. The molecule has 122 valence electrons. The van der Waals surface area contributed by atoms with Gasteiger partial charge in [0, 0.05) is 10.6 Å². The first-order chi connectivity index (χ1) is 11.5. The van der Waals surface area contributed by atoms with Crippen LogP contribution in [0.2, 0.25) is 5.02 Å².